The molecule has 0 radical (unpaired) electrons. The van der Waals surface area contributed by atoms with Crippen LogP contribution in [0.5, 0.6) is 0 Å². The van der Waals surface area contributed by atoms with Gasteiger partial charge in [0.25, 0.3) is 0 Å². The first-order valence-electron chi connectivity index (χ1n) is 12.1. The number of hydrogen-bond acceptors (Lipinski definition) is 4. The quantitative estimate of drug-likeness (QED) is 0.299. The van der Waals surface area contributed by atoms with Gasteiger partial charge in [-0.15, -0.1) is 24.0 Å². The van der Waals surface area contributed by atoms with Crippen molar-refractivity contribution in [1.82, 2.24) is 15.5 Å². The molecule has 3 rings (SSSR count). The second-order valence-corrected chi connectivity index (χ2v) is 11.6. The zero-order valence-corrected chi connectivity index (χ0v) is 23.4. The van der Waals surface area contributed by atoms with Gasteiger partial charge in [0.2, 0.25) is 0 Å². The van der Waals surface area contributed by atoms with Crippen molar-refractivity contribution in [3.8, 4) is 0 Å². The molecule has 0 aromatic carbocycles. The van der Waals surface area contributed by atoms with Gasteiger partial charge in [-0.25, -0.2) is 4.79 Å². The van der Waals surface area contributed by atoms with Crippen LogP contribution < -0.4 is 10.6 Å². The normalized spacial score (nSPS) is 31.0. The Morgan fingerprint density at radius 1 is 1.09 bits per heavy atom. The Kier molecular flexibility index (Phi) is 9.53. The molecular weight excluding hydrogens is 519 g/mol. The van der Waals surface area contributed by atoms with Crippen LogP contribution in [0.1, 0.15) is 80.1 Å². The van der Waals surface area contributed by atoms with E-state index in [4.69, 9.17) is 9.47 Å². The SMILES string of the molecule is CN=C(NCC1CCCOC1C(C)(C)C)NC1CC2CCC(C1)N2C(=O)OC(C)(C)C.I. The number of piperidine rings is 1. The summed E-state index contributed by atoms with van der Waals surface area (Å²) in [6.07, 6.45) is 6.40. The van der Waals surface area contributed by atoms with E-state index in [1.807, 2.05) is 32.7 Å². The molecule has 0 saturated carbocycles. The first kappa shape index (κ1) is 27.5. The molecule has 3 fully saturated rings. The Hall–Kier alpha value is -0.770. The van der Waals surface area contributed by atoms with E-state index in [9.17, 15) is 4.79 Å². The van der Waals surface area contributed by atoms with Crippen molar-refractivity contribution in [1.29, 1.82) is 0 Å². The fraction of sp³-hybridized carbons (Fsp3) is 0.917. The topological polar surface area (TPSA) is 75.2 Å². The van der Waals surface area contributed by atoms with E-state index in [0.29, 0.717) is 12.0 Å². The average Bonchev–Trinajstić information content (AvgIpc) is 2.94. The van der Waals surface area contributed by atoms with Crippen molar-refractivity contribution in [3.63, 3.8) is 0 Å². The third-order valence-corrected chi connectivity index (χ3v) is 6.73. The summed E-state index contributed by atoms with van der Waals surface area (Å²) in [7, 11) is 1.83. The van der Waals surface area contributed by atoms with Crippen LogP contribution in [0.15, 0.2) is 4.99 Å². The molecule has 0 aromatic heterocycles. The van der Waals surface area contributed by atoms with E-state index in [-0.39, 0.29) is 53.7 Å². The molecular formula is C24H45IN4O3. The Labute approximate surface area is 211 Å². The van der Waals surface area contributed by atoms with Crippen molar-refractivity contribution >= 4 is 36.0 Å². The van der Waals surface area contributed by atoms with Crippen LogP contribution in [0, 0.1) is 11.3 Å². The standard InChI is InChI=1S/C24H44N4O3.HI/c1-23(2,3)20-16(9-8-12-30-20)15-26-21(25-7)27-17-13-18-10-11-19(14-17)28(18)22(29)31-24(4,5)6;/h16-20H,8-15H2,1-7H3,(H2,25,26,27);1H. The lowest BCUT2D eigenvalue weighted by atomic mass is 9.78. The zero-order valence-electron chi connectivity index (χ0n) is 21.1. The summed E-state index contributed by atoms with van der Waals surface area (Å²) in [5.41, 5.74) is -0.317. The van der Waals surface area contributed by atoms with Crippen LogP contribution in [-0.4, -0.2) is 67.0 Å². The molecule has 0 aromatic rings. The molecule has 0 aliphatic carbocycles. The van der Waals surface area contributed by atoms with E-state index >= 15 is 0 Å². The molecule has 3 aliphatic rings. The Morgan fingerprint density at radius 2 is 1.72 bits per heavy atom. The van der Waals surface area contributed by atoms with Gasteiger partial charge in [-0.3, -0.25) is 4.99 Å². The number of halogens is 1. The number of nitrogens with one attached hydrogen (secondary N) is 2. The zero-order chi connectivity index (χ0) is 22.8. The van der Waals surface area contributed by atoms with Crippen molar-refractivity contribution in [2.24, 2.45) is 16.3 Å². The van der Waals surface area contributed by atoms with E-state index in [1.54, 1.807) is 0 Å². The van der Waals surface area contributed by atoms with Gasteiger partial charge >= 0.3 is 6.09 Å². The molecule has 2 N–H and O–H groups in total. The van der Waals surface area contributed by atoms with Gasteiger partial charge in [0.15, 0.2) is 5.96 Å². The van der Waals surface area contributed by atoms with Gasteiger partial charge in [0.05, 0.1) is 6.10 Å². The van der Waals surface area contributed by atoms with Gasteiger partial charge in [-0.2, -0.15) is 0 Å². The minimum atomic E-state index is -0.453. The lowest BCUT2D eigenvalue weighted by molar-refractivity contribution is -0.0835. The summed E-state index contributed by atoms with van der Waals surface area (Å²) in [6, 6.07) is 0.825. The molecule has 8 heteroatoms. The van der Waals surface area contributed by atoms with Gasteiger partial charge in [0.1, 0.15) is 5.60 Å². The maximum atomic E-state index is 12.7. The Morgan fingerprint density at radius 3 is 2.25 bits per heavy atom. The first-order chi connectivity index (χ1) is 14.5. The number of ether oxygens (including phenoxy) is 2. The fourth-order valence-electron chi connectivity index (χ4n) is 5.53. The summed E-state index contributed by atoms with van der Waals surface area (Å²) in [4.78, 5) is 19.2. The number of rotatable bonds is 3. The molecule has 4 atom stereocenters. The molecule has 2 bridgehead atoms. The largest absolute Gasteiger partial charge is 0.444 e. The molecule has 186 valence electrons. The average molecular weight is 565 g/mol. The summed E-state index contributed by atoms with van der Waals surface area (Å²) >= 11 is 0. The summed E-state index contributed by atoms with van der Waals surface area (Å²) in [6.45, 7) is 14.3. The lowest BCUT2D eigenvalue weighted by Crippen LogP contribution is -2.55. The predicted molar refractivity (Wildman–Crippen MR) is 140 cm³/mol. The van der Waals surface area contributed by atoms with Gasteiger partial charge in [-0.1, -0.05) is 20.8 Å². The number of aliphatic imine (C=N–C) groups is 1. The van der Waals surface area contributed by atoms with Crippen LogP contribution in [0.2, 0.25) is 0 Å². The number of fused-ring (bicyclic) bond motifs is 2. The van der Waals surface area contributed by atoms with Crippen LogP contribution >= 0.6 is 24.0 Å². The summed E-state index contributed by atoms with van der Waals surface area (Å²) < 4.78 is 11.8. The lowest BCUT2D eigenvalue weighted by Gasteiger charge is -2.41. The van der Waals surface area contributed by atoms with Crippen LogP contribution in [0.4, 0.5) is 4.79 Å². The molecule has 3 saturated heterocycles. The Balaban J connectivity index is 0.00000363. The van der Waals surface area contributed by atoms with Crippen molar-refractivity contribution in [3.05, 3.63) is 0 Å². The molecule has 0 spiro atoms. The molecule has 32 heavy (non-hydrogen) atoms. The van der Waals surface area contributed by atoms with E-state index in [2.05, 4.69) is 36.4 Å². The van der Waals surface area contributed by atoms with Crippen LogP contribution in [-0.2, 0) is 9.47 Å². The summed E-state index contributed by atoms with van der Waals surface area (Å²) in [5.74, 6) is 1.34. The second-order valence-electron chi connectivity index (χ2n) is 11.6. The number of nitrogens with zero attached hydrogens (tertiary/aromatic N) is 2. The van der Waals surface area contributed by atoms with Crippen molar-refractivity contribution in [2.75, 3.05) is 20.2 Å². The maximum absolute atomic E-state index is 12.7. The number of guanidine groups is 1. The third-order valence-electron chi connectivity index (χ3n) is 6.73. The molecule has 3 heterocycles. The highest BCUT2D eigenvalue weighted by atomic mass is 127. The third kappa shape index (κ3) is 7.11. The minimum absolute atomic E-state index is 0. The van der Waals surface area contributed by atoms with E-state index in [1.165, 1.54) is 6.42 Å². The van der Waals surface area contributed by atoms with Crippen molar-refractivity contribution in [2.45, 2.75) is 110 Å². The van der Waals surface area contributed by atoms with Crippen LogP contribution in [0.3, 0.4) is 0 Å². The van der Waals surface area contributed by atoms with E-state index < -0.39 is 5.60 Å². The van der Waals surface area contributed by atoms with Gasteiger partial charge in [-0.05, 0) is 64.7 Å². The van der Waals surface area contributed by atoms with Gasteiger partial charge < -0.3 is 25.0 Å². The fourth-order valence-corrected chi connectivity index (χ4v) is 5.53. The smallest absolute Gasteiger partial charge is 0.410 e. The number of carbonyl (C=O) groups is 1. The number of amides is 1. The first-order valence-corrected chi connectivity index (χ1v) is 12.1. The maximum Gasteiger partial charge on any atom is 0.410 e. The van der Waals surface area contributed by atoms with Crippen molar-refractivity contribution < 1.29 is 14.3 Å². The highest BCUT2D eigenvalue weighted by Crippen LogP contribution is 2.37. The molecule has 3 aliphatic heterocycles. The highest BCUT2D eigenvalue weighted by molar-refractivity contribution is 14.0. The molecule has 7 nitrogen and oxygen atoms in total. The summed E-state index contributed by atoms with van der Waals surface area (Å²) in [5, 5.41) is 7.18. The Bertz CT molecular complexity index is 645. The monoisotopic (exact) mass is 564 g/mol. The molecule has 4 unspecified atom stereocenters. The minimum Gasteiger partial charge on any atom is -0.444 e. The van der Waals surface area contributed by atoms with E-state index in [0.717, 1.165) is 51.2 Å². The number of carbonyl (C=O) groups excluding carboxylic acids is 1. The predicted octanol–water partition coefficient (Wildman–Crippen LogP) is 4.54. The van der Waals surface area contributed by atoms with Gasteiger partial charge in [0, 0.05) is 44.2 Å². The highest BCUT2D eigenvalue weighted by Gasteiger charge is 2.45. The van der Waals surface area contributed by atoms with Crippen LogP contribution in [0.25, 0.3) is 0 Å². The molecule has 1 amide bonds. The second kappa shape index (κ2) is 11.1. The number of hydrogen-bond donors (Lipinski definition) is 2.